The maximum absolute atomic E-state index is 11.8. The molecule has 0 spiro atoms. The Balaban J connectivity index is 1.89. The number of aliphatic hydroxyl groups is 1. The third-order valence-corrected chi connectivity index (χ3v) is 4.27. The minimum absolute atomic E-state index is 0.123. The quantitative estimate of drug-likeness (QED) is 0.676. The molecule has 0 bridgehead atoms. The van der Waals surface area contributed by atoms with E-state index in [1.54, 1.807) is 0 Å². The van der Waals surface area contributed by atoms with Crippen molar-refractivity contribution in [2.75, 3.05) is 0 Å². The molecule has 2 aromatic rings. The van der Waals surface area contributed by atoms with E-state index in [1.165, 1.54) is 0 Å². The first kappa shape index (κ1) is 12.6. The van der Waals surface area contributed by atoms with Crippen molar-refractivity contribution in [1.29, 1.82) is 0 Å². The SMILES string of the molecule is O=C1C[C@](O)(c2ccccc2)[C@]2(c3ccccc3)O[C@H]2O1. The predicted octanol–water partition coefficient (Wildman–Crippen LogP) is 2.07. The molecule has 2 aliphatic heterocycles. The van der Waals surface area contributed by atoms with Crippen LogP contribution in [0.1, 0.15) is 17.5 Å². The summed E-state index contributed by atoms with van der Waals surface area (Å²) in [5.74, 6) is -0.449. The second-order valence-corrected chi connectivity index (χ2v) is 5.44. The molecule has 4 nitrogen and oxygen atoms in total. The Hall–Kier alpha value is -2.17. The van der Waals surface area contributed by atoms with E-state index in [1.807, 2.05) is 60.7 Å². The molecule has 4 heteroatoms. The number of rotatable bonds is 2. The Morgan fingerprint density at radius 2 is 1.52 bits per heavy atom. The topological polar surface area (TPSA) is 59.1 Å². The van der Waals surface area contributed by atoms with Gasteiger partial charge in [0.2, 0.25) is 6.29 Å². The van der Waals surface area contributed by atoms with Gasteiger partial charge in [-0.3, -0.25) is 4.79 Å². The number of hydrogen-bond donors (Lipinski definition) is 1. The zero-order valence-corrected chi connectivity index (χ0v) is 11.2. The van der Waals surface area contributed by atoms with Crippen LogP contribution in [-0.2, 0) is 25.5 Å². The van der Waals surface area contributed by atoms with Gasteiger partial charge in [0, 0.05) is 0 Å². The van der Waals surface area contributed by atoms with Crippen molar-refractivity contribution in [2.24, 2.45) is 0 Å². The van der Waals surface area contributed by atoms with Crippen LogP contribution in [0.5, 0.6) is 0 Å². The van der Waals surface area contributed by atoms with Crippen LogP contribution in [0.25, 0.3) is 0 Å². The molecule has 2 fully saturated rings. The summed E-state index contributed by atoms with van der Waals surface area (Å²) in [5.41, 5.74) is -0.957. The molecular weight excluding hydrogens is 268 g/mol. The molecule has 2 saturated heterocycles. The second-order valence-electron chi connectivity index (χ2n) is 5.44. The Morgan fingerprint density at radius 1 is 0.952 bits per heavy atom. The number of hydrogen-bond acceptors (Lipinski definition) is 4. The van der Waals surface area contributed by atoms with Gasteiger partial charge in [-0.05, 0) is 11.1 Å². The van der Waals surface area contributed by atoms with Crippen LogP contribution >= 0.6 is 0 Å². The molecule has 3 atom stereocenters. The fraction of sp³-hybridized carbons (Fsp3) is 0.235. The first-order valence-corrected chi connectivity index (χ1v) is 6.87. The van der Waals surface area contributed by atoms with Crippen molar-refractivity contribution < 1.29 is 19.4 Å². The zero-order chi connectivity index (χ0) is 14.5. The molecule has 0 aliphatic carbocycles. The smallest absolute Gasteiger partial charge is 0.311 e. The summed E-state index contributed by atoms with van der Waals surface area (Å²) in [6.45, 7) is 0. The van der Waals surface area contributed by atoms with E-state index in [0.717, 1.165) is 5.56 Å². The highest BCUT2D eigenvalue weighted by Crippen LogP contribution is 2.62. The largest absolute Gasteiger partial charge is 0.432 e. The minimum atomic E-state index is -1.42. The molecule has 0 unspecified atom stereocenters. The van der Waals surface area contributed by atoms with Crippen molar-refractivity contribution >= 4 is 5.97 Å². The molecule has 0 aromatic heterocycles. The number of ether oxygens (including phenoxy) is 2. The van der Waals surface area contributed by atoms with Gasteiger partial charge in [0.1, 0.15) is 5.60 Å². The number of esters is 1. The van der Waals surface area contributed by atoms with E-state index in [2.05, 4.69) is 0 Å². The third-order valence-electron chi connectivity index (χ3n) is 4.27. The fourth-order valence-electron chi connectivity index (χ4n) is 3.19. The predicted molar refractivity (Wildman–Crippen MR) is 74.0 cm³/mol. The lowest BCUT2D eigenvalue weighted by atomic mass is 9.73. The van der Waals surface area contributed by atoms with Crippen molar-refractivity contribution in [3.05, 3.63) is 71.8 Å². The van der Waals surface area contributed by atoms with Crippen LogP contribution in [-0.4, -0.2) is 17.4 Å². The van der Waals surface area contributed by atoms with Crippen LogP contribution in [0, 0.1) is 0 Å². The summed E-state index contributed by atoms with van der Waals surface area (Å²) in [6, 6.07) is 18.6. The highest BCUT2D eigenvalue weighted by molar-refractivity contribution is 5.74. The van der Waals surface area contributed by atoms with Gasteiger partial charge in [-0.1, -0.05) is 60.7 Å². The van der Waals surface area contributed by atoms with Gasteiger partial charge < -0.3 is 14.6 Å². The van der Waals surface area contributed by atoms with E-state index >= 15 is 0 Å². The van der Waals surface area contributed by atoms with Gasteiger partial charge in [-0.2, -0.15) is 0 Å². The van der Waals surface area contributed by atoms with Crippen LogP contribution < -0.4 is 0 Å². The van der Waals surface area contributed by atoms with Gasteiger partial charge in [0.05, 0.1) is 6.42 Å². The van der Waals surface area contributed by atoms with Crippen molar-refractivity contribution in [2.45, 2.75) is 23.9 Å². The molecule has 2 aromatic carbocycles. The molecule has 0 amide bonds. The molecule has 1 N–H and O–H groups in total. The number of benzene rings is 2. The third kappa shape index (κ3) is 1.60. The van der Waals surface area contributed by atoms with E-state index < -0.39 is 23.5 Å². The summed E-state index contributed by atoms with van der Waals surface area (Å²) in [5, 5.41) is 11.3. The summed E-state index contributed by atoms with van der Waals surface area (Å²) in [7, 11) is 0. The molecule has 0 radical (unpaired) electrons. The van der Waals surface area contributed by atoms with Gasteiger partial charge in [0.25, 0.3) is 0 Å². The second kappa shape index (κ2) is 4.16. The molecule has 0 saturated carbocycles. The molecule has 2 aliphatic rings. The number of carbonyl (C=O) groups excluding carboxylic acids is 1. The summed E-state index contributed by atoms with van der Waals surface area (Å²) < 4.78 is 10.9. The lowest BCUT2D eigenvalue weighted by molar-refractivity contribution is -0.165. The highest BCUT2D eigenvalue weighted by atomic mass is 16.8. The summed E-state index contributed by atoms with van der Waals surface area (Å²) in [4.78, 5) is 11.8. The van der Waals surface area contributed by atoms with E-state index in [9.17, 15) is 9.90 Å². The average Bonchev–Trinajstić information content (AvgIpc) is 3.25. The number of epoxide rings is 1. The Morgan fingerprint density at radius 3 is 2.14 bits per heavy atom. The Bertz CT molecular complexity index is 684. The monoisotopic (exact) mass is 282 g/mol. The van der Waals surface area contributed by atoms with Gasteiger partial charge >= 0.3 is 5.97 Å². The summed E-state index contributed by atoms with van der Waals surface area (Å²) >= 11 is 0. The van der Waals surface area contributed by atoms with E-state index in [0.29, 0.717) is 5.56 Å². The van der Waals surface area contributed by atoms with Crippen molar-refractivity contribution in [3.63, 3.8) is 0 Å². The van der Waals surface area contributed by atoms with Crippen molar-refractivity contribution in [1.82, 2.24) is 0 Å². The first-order chi connectivity index (χ1) is 10.2. The summed E-state index contributed by atoms with van der Waals surface area (Å²) in [6.07, 6.45) is -0.853. The number of fused-ring (bicyclic) bond motifs is 1. The standard InChI is InChI=1S/C17H14O4/c18-14-11-16(19,12-7-3-1-4-8-12)17(15(20-14)21-17)13-9-5-2-6-10-13/h1-10,15,19H,11H2/t15-,16+,17-/m1/s1. The average molecular weight is 282 g/mol. The molecule has 2 heterocycles. The van der Waals surface area contributed by atoms with Gasteiger partial charge in [-0.15, -0.1) is 0 Å². The van der Waals surface area contributed by atoms with Crippen molar-refractivity contribution in [3.8, 4) is 0 Å². The number of carbonyl (C=O) groups is 1. The van der Waals surface area contributed by atoms with Crippen LogP contribution in [0.4, 0.5) is 0 Å². The molecular formula is C17H14O4. The minimum Gasteiger partial charge on any atom is -0.432 e. The lowest BCUT2D eigenvalue weighted by Gasteiger charge is -2.36. The van der Waals surface area contributed by atoms with E-state index in [-0.39, 0.29) is 6.42 Å². The van der Waals surface area contributed by atoms with Crippen LogP contribution in [0.15, 0.2) is 60.7 Å². The zero-order valence-electron chi connectivity index (χ0n) is 11.2. The fourth-order valence-corrected chi connectivity index (χ4v) is 3.19. The Kier molecular flexibility index (Phi) is 2.49. The van der Waals surface area contributed by atoms with Gasteiger partial charge in [0.15, 0.2) is 5.60 Å². The molecule has 106 valence electrons. The highest BCUT2D eigenvalue weighted by Gasteiger charge is 2.76. The van der Waals surface area contributed by atoms with Gasteiger partial charge in [-0.25, -0.2) is 0 Å². The maximum atomic E-state index is 11.8. The van der Waals surface area contributed by atoms with Crippen LogP contribution in [0.3, 0.4) is 0 Å². The lowest BCUT2D eigenvalue weighted by Crippen LogP contribution is -2.48. The molecule has 21 heavy (non-hydrogen) atoms. The normalized spacial score (nSPS) is 34.0. The van der Waals surface area contributed by atoms with E-state index in [4.69, 9.17) is 9.47 Å². The molecule has 4 rings (SSSR count). The van der Waals surface area contributed by atoms with Crippen LogP contribution in [0.2, 0.25) is 0 Å². The first-order valence-electron chi connectivity index (χ1n) is 6.87. The maximum Gasteiger partial charge on any atom is 0.311 e. The Labute approximate surface area is 121 Å².